The molecule has 1 aliphatic heterocycles. The molecule has 2 rings (SSSR count). The molecule has 0 radical (unpaired) electrons. The molecule has 1 aliphatic rings. The van der Waals surface area contributed by atoms with Gasteiger partial charge in [-0.15, -0.1) is 0 Å². The molecule has 5 nitrogen and oxygen atoms in total. The molecule has 1 amide bonds. The molecule has 6 heteroatoms. The van der Waals surface area contributed by atoms with Crippen molar-refractivity contribution >= 4 is 24.0 Å². The Balaban J connectivity index is 2.35. The van der Waals surface area contributed by atoms with Crippen LogP contribution in [-0.4, -0.2) is 33.1 Å². The van der Waals surface area contributed by atoms with Crippen molar-refractivity contribution in [2.75, 3.05) is 6.54 Å². The fourth-order valence-electron chi connectivity index (χ4n) is 1.69. The first-order chi connectivity index (χ1) is 8.08. The van der Waals surface area contributed by atoms with Gasteiger partial charge in [0.25, 0.3) is 0 Å². The molecular formula is C11H11NO4S. The minimum absolute atomic E-state index is 0.184. The van der Waals surface area contributed by atoms with Crippen LogP contribution in [0.4, 0.5) is 4.79 Å². The maximum atomic E-state index is 10.9. The largest absolute Gasteiger partial charge is 0.478 e. The van der Waals surface area contributed by atoms with Gasteiger partial charge >= 0.3 is 12.1 Å². The minimum atomic E-state index is -1.00. The van der Waals surface area contributed by atoms with Crippen LogP contribution in [0.25, 0.3) is 0 Å². The quantitative estimate of drug-likeness (QED) is 0.751. The Kier molecular flexibility index (Phi) is 3.23. The molecule has 0 atom stereocenters. The molecule has 2 N–H and O–H groups in total. The molecule has 17 heavy (non-hydrogen) atoms. The van der Waals surface area contributed by atoms with Gasteiger partial charge in [-0.1, -0.05) is 6.07 Å². The SMILES string of the molecule is O=C(O)c1ccc2c(c1)SN(C(=O)O)CCC2. The zero-order valence-electron chi connectivity index (χ0n) is 8.92. The summed E-state index contributed by atoms with van der Waals surface area (Å²) >= 11 is 1.09. The van der Waals surface area contributed by atoms with Crippen molar-refractivity contribution in [3.05, 3.63) is 29.3 Å². The van der Waals surface area contributed by atoms with E-state index < -0.39 is 12.1 Å². The van der Waals surface area contributed by atoms with Crippen LogP contribution in [0.2, 0.25) is 0 Å². The summed E-state index contributed by atoms with van der Waals surface area (Å²) in [6.07, 6.45) is 0.522. The first-order valence-corrected chi connectivity index (χ1v) is 5.90. The Labute approximate surface area is 102 Å². The van der Waals surface area contributed by atoms with Crippen LogP contribution in [-0.2, 0) is 6.42 Å². The van der Waals surface area contributed by atoms with Crippen LogP contribution < -0.4 is 0 Å². The number of aryl methyl sites for hydroxylation is 1. The molecule has 0 bridgehead atoms. The van der Waals surface area contributed by atoms with Gasteiger partial charge in [0.1, 0.15) is 0 Å². The number of carboxylic acids is 1. The normalized spacial score (nSPS) is 14.9. The van der Waals surface area contributed by atoms with Crippen LogP contribution in [0.3, 0.4) is 0 Å². The lowest BCUT2D eigenvalue weighted by Gasteiger charge is -2.14. The Morgan fingerprint density at radius 1 is 1.29 bits per heavy atom. The molecule has 0 saturated heterocycles. The third kappa shape index (κ3) is 2.52. The summed E-state index contributed by atoms with van der Waals surface area (Å²) in [5, 5.41) is 17.8. The highest BCUT2D eigenvalue weighted by molar-refractivity contribution is 7.97. The lowest BCUT2D eigenvalue weighted by atomic mass is 10.1. The van der Waals surface area contributed by atoms with E-state index in [2.05, 4.69) is 0 Å². The van der Waals surface area contributed by atoms with Crippen LogP contribution in [0.1, 0.15) is 22.3 Å². The van der Waals surface area contributed by atoms with E-state index in [1.165, 1.54) is 10.4 Å². The highest BCUT2D eigenvalue weighted by Gasteiger charge is 2.20. The highest BCUT2D eigenvalue weighted by Crippen LogP contribution is 2.31. The van der Waals surface area contributed by atoms with Gasteiger partial charge in [-0.05, 0) is 42.5 Å². The Morgan fingerprint density at radius 2 is 2.06 bits per heavy atom. The van der Waals surface area contributed by atoms with E-state index >= 15 is 0 Å². The second-order valence-electron chi connectivity index (χ2n) is 3.71. The van der Waals surface area contributed by atoms with Gasteiger partial charge in [0, 0.05) is 11.4 Å². The molecule has 0 saturated carbocycles. The van der Waals surface area contributed by atoms with Crippen molar-refractivity contribution in [1.82, 2.24) is 4.31 Å². The van der Waals surface area contributed by atoms with Crippen LogP contribution in [0.15, 0.2) is 23.1 Å². The molecule has 1 aromatic rings. The van der Waals surface area contributed by atoms with Crippen molar-refractivity contribution in [3.8, 4) is 0 Å². The van der Waals surface area contributed by atoms with E-state index in [9.17, 15) is 9.59 Å². The number of carboxylic acid groups (broad SMARTS) is 2. The number of fused-ring (bicyclic) bond motifs is 1. The molecule has 0 unspecified atom stereocenters. The second kappa shape index (κ2) is 4.67. The summed E-state index contributed by atoms with van der Waals surface area (Å²) < 4.78 is 1.23. The summed E-state index contributed by atoms with van der Waals surface area (Å²) in [6, 6.07) is 4.85. The average molecular weight is 253 g/mol. The van der Waals surface area contributed by atoms with Gasteiger partial charge in [-0.2, -0.15) is 0 Å². The van der Waals surface area contributed by atoms with Gasteiger partial charge in [-0.25, -0.2) is 13.9 Å². The number of rotatable bonds is 1. The summed E-state index contributed by atoms with van der Waals surface area (Å²) in [7, 11) is 0. The van der Waals surface area contributed by atoms with Crippen molar-refractivity contribution in [2.45, 2.75) is 17.7 Å². The van der Waals surface area contributed by atoms with E-state index in [1.807, 2.05) is 0 Å². The predicted octanol–water partition coefficient (Wildman–Crippen LogP) is 2.32. The van der Waals surface area contributed by atoms with E-state index in [0.29, 0.717) is 11.4 Å². The lowest BCUT2D eigenvalue weighted by molar-refractivity contribution is 0.0696. The van der Waals surface area contributed by atoms with Crippen LogP contribution >= 0.6 is 11.9 Å². The number of carbonyl (C=O) groups is 2. The van der Waals surface area contributed by atoms with E-state index in [0.717, 1.165) is 30.4 Å². The topological polar surface area (TPSA) is 77.8 Å². The Bertz CT molecular complexity index is 475. The number of amides is 1. The molecule has 0 aromatic heterocycles. The van der Waals surface area contributed by atoms with Crippen molar-refractivity contribution in [3.63, 3.8) is 0 Å². The van der Waals surface area contributed by atoms with Gasteiger partial charge in [-0.3, -0.25) is 0 Å². The summed E-state index contributed by atoms with van der Waals surface area (Å²) in [5.74, 6) is -1.00. The fourth-order valence-corrected chi connectivity index (χ4v) is 2.69. The van der Waals surface area contributed by atoms with Crippen LogP contribution in [0.5, 0.6) is 0 Å². The summed E-state index contributed by atoms with van der Waals surface area (Å²) in [5.41, 5.74) is 1.19. The van der Waals surface area contributed by atoms with Crippen LogP contribution in [0, 0.1) is 0 Å². The zero-order valence-corrected chi connectivity index (χ0v) is 9.74. The Morgan fingerprint density at radius 3 is 2.71 bits per heavy atom. The third-order valence-electron chi connectivity index (χ3n) is 2.54. The summed E-state index contributed by atoms with van der Waals surface area (Å²) in [6.45, 7) is 0.455. The van der Waals surface area contributed by atoms with Gasteiger partial charge < -0.3 is 10.2 Å². The number of aromatic carboxylic acids is 1. The minimum Gasteiger partial charge on any atom is -0.478 e. The Hall–Kier alpha value is -1.69. The molecule has 1 aromatic carbocycles. The molecule has 0 fully saturated rings. The highest BCUT2D eigenvalue weighted by atomic mass is 32.2. The maximum absolute atomic E-state index is 10.9. The first kappa shape index (κ1) is 11.8. The van der Waals surface area contributed by atoms with Gasteiger partial charge in [0.15, 0.2) is 0 Å². The molecule has 0 aliphatic carbocycles. The summed E-state index contributed by atoms with van der Waals surface area (Å²) in [4.78, 5) is 22.5. The van der Waals surface area contributed by atoms with E-state index in [4.69, 9.17) is 10.2 Å². The monoisotopic (exact) mass is 253 g/mol. The third-order valence-corrected chi connectivity index (χ3v) is 3.68. The predicted molar refractivity (Wildman–Crippen MR) is 62.3 cm³/mol. The molecular weight excluding hydrogens is 242 g/mol. The van der Waals surface area contributed by atoms with Crippen molar-refractivity contribution < 1.29 is 19.8 Å². The van der Waals surface area contributed by atoms with Crippen molar-refractivity contribution in [1.29, 1.82) is 0 Å². The molecule has 90 valence electrons. The number of hydrogen-bond donors (Lipinski definition) is 2. The zero-order chi connectivity index (χ0) is 12.4. The second-order valence-corrected chi connectivity index (χ2v) is 4.77. The van der Waals surface area contributed by atoms with Gasteiger partial charge in [0.05, 0.1) is 5.56 Å². The van der Waals surface area contributed by atoms with E-state index in [-0.39, 0.29) is 5.56 Å². The first-order valence-electron chi connectivity index (χ1n) is 5.12. The standard InChI is InChI=1S/C11H11NO4S/c13-10(14)8-4-3-7-2-1-5-12(11(15)16)17-9(7)6-8/h3-4,6H,1-2,5H2,(H,13,14)(H,15,16). The van der Waals surface area contributed by atoms with Gasteiger partial charge in [0.2, 0.25) is 0 Å². The smallest absolute Gasteiger partial charge is 0.417 e. The fraction of sp³-hybridized carbons (Fsp3) is 0.273. The number of benzene rings is 1. The number of nitrogens with zero attached hydrogens (tertiary/aromatic N) is 1. The average Bonchev–Trinajstić information content (AvgIpc) is 2.49. The van der Waals surface area contributed by atoms with Crippen molar-refractivity contribution in [2.24, 2.45) is 0 Å². The maximum Gasteiger partial charge on any atom is 0.417 e. The molecule has 0 spiro atoms. The lowest BCUT2D eigenvalue weighted by Crippen LogP contribution is -2.22. The molecule has 1 heterocycles. The number of hydrogen-bond acceptors (Lipinski definition) is 3. The van der Waals surface area contributed by atoms with E-state index in [1.54, 1.807) is 12.1 Å².